The second-order valence-electron chi connectivity index (χ2n) is 2.91. The fourth-order valence-corrected chi connectivity index (χ4v) is 1.20. The molecule has 14 heavy (non-hydrogen) atoms. The van der Waals surface area contributed by atoms with E-state index in [9.17, 15) is 0 Å². The summed E-state index contributed by atoms with van der Waals surface area (Å²) in [7, 11) is 1.78. The minimum absolute atomic E-state index is 0.464. The molecular formula is C8H10N6. The van der Waals surface area contributed by atoms with Gasteiger partial charge in [-0.05, 0) is 22.1 Å². The van der Waals surface area contributed by atoms with Gasteiger partial charge >= 0.3 is 0 Å². The Morgan fingerprint density at radius 1 is 1.43 bits per heavy atom. The Kier molecular flexibility index (Phi) is 2.19. The van der Waals surface area contributed by atoms with E-state index in [0.717, 1.165) is 11.1 Å². The average Bonchev–Trinajstić information content (AvgIpc) is 2.65. The number of pyridine rings is 1. The molecule has 6 nitrogen and oxygen atoms in total. The smallest absolute Gasteiger partial charge is 0.183 e. The van der Waals surface area contributed by atoms with E-state index in [2.05, 4.69) is 20.5 Å². The Balaban J connectivity index is 2.47. The summed E-state index contributed by atoms with van der Waals surface area (Å²) in [5, 5.41) is 11.2. The Morgan fingerprint density at radius 2 is 2.29 bits per heavy atom. The zero-order valence-corrected chi connectivity index (χ0v) is 7.75. The van der Waals surface area contributed by atoms with Crippen LogP contribution in [0, 0.1) is 0 Å². The van der Waals surface area contributed by atoms with Crippen LogP contribution in [0.5, 0.6) is 0 Å². The Morgan fingerprint density at radius 3 is 2.93 bits per heavy atom. The summed E-state index contributed by atoms with van der Waals surface area (Å²) in [6, 6.07) is 1.93. The highest BCUT2D eigenvalue weighted by atomic mass is 15.5. The molecule has 0 aromatic carbocycles. The predicted octanol–water partition coefficient (Wildman–Crippen LogP) is -0.269. The van der Waals surface area contributed by atoms with Crippen molar-refractivity contribution < 1.29 is 0 Å². The van der Waals surface area contributed by atoms with Crippen molar-refractivity contribution in [3.05, 3.63) is 24.0 Å². The van der Waals surface area contributed by atoms with Crippen LogP contribution in [0.3, 0.4) is 0 Å². The maximum absolute atomic E-state index is 5.51. The van der Waals surface area contributed by atoms with Crippen molar-refractivity contribution in [2.45, 2.75) is 6.54 Å². The van der Waals surface area contributed by atoms with Crippen LogP contribution in [0.4, 0.5) is 0 Å². The molecule has 0 spiro atoms. The molecule has 2 N–H and O–H groups in total. The number of aromatic nitrogens is 5. The lowest BCUT2D eigenvalue weighted by Gasteiger charge is -2.00. The van der Waals surface area contributed by atoms with Crippen LogP contribution in [0.15, 0.2) is 18.5 Å². The van der Waals surface area contributed by atoms with Gasteiger partial charge in [0.15, 0.2) is 5.82 Å². The molecule has 0 amide bonds. The molecule has 72 valence electrons. The van der Waals surface area contributed by atoms with Gasteiger partial charge in [-0.15, -0.1) is 5.10 Å². The van der Waals surface area contributed by atoms with Crippen molar-refractivity contribution in [2.75, 3.05) is 0 Å². The first-order valence-corrected chi connectivity index (χ1v) is 4.18. The highest BCUT2D eigenvalue weighted by Crippen LogP contribution is 2.14. The number of nitrogens with zero attached hydrogens (tertiary/aromatic N) is 5. The van der Waals surface area contributed by atoms with Gasteiger partial charge in [0, 0.05) is 31.5 Å². The first-order valence-electron chi connectivity index (χ1n) is 4.18. The maximum Gasteiger partial charge on any atom is 0.183 e. The third-order valence-corrected chi connectivity index (χ3v) is 1.91. The zero-order chi connectivity index (χ0) is 9.97. The summed E-state index contributed by atoms with van der Waals surface area (Å²) in [5.74, 6) is 0.688. The first kappa shape index (κ1) is 8.76. The van der Waals surface area contributed by atoms with Gasteiger partial charge in [0.1, 0.15) is 0 Å². The Labute approximate surface area is 80.8 Å². The van der Waals surface area contributed by atoms with Crippen LogP contribution >= 0.6 is 0 Å². The molecule has 0 bridgehead atoms. The van der Waals surface area contributed by atoms with Crippen LogP contribution in [-0.2, 0) is 13.6 Å². The molecule has 0 radical (unpaired) electrons. The van der Waals surface area contributed by atoms with E-state index in [0.29, 0.717) is 12.4 Å². The molecule has 0 aliphatic rings. The predicted molar refractivity (Wildman–Crippen MR) is 49.9 cm³/mol. The standard InChI is InChI=1S/C8H10N6/c1-14-8(11-12-13-14)7-2-6(3-9)4-10-5-7/h2,4-5H,3,9H2,1H3. The summed E-state index contributed by atoms with van der Waals surface area (Å²) >= 11 is 0. The number of tetrazole rings is 1. The fourth-order valence-electron chi connectivity index (χ4n) is 1.20. The van der Waals surface area contributed by atoms with E-state index in [1.807, 2.05) is 6.07 Å². The van der Waals surface area contributed by atoms with Gasteiger partial charge in [-0.3, -0.25) is 4.98 Å². The van der Waals surface area contributed by atoms with Crippen LogP contribution in [-0.4, -0.2) is 25.2 Å². The van der Waals surface area contributed by atoms with Crippen molar-refractivity contribution in [3.8, 4) is 11.4 Å². The van der Waals surface area contributed by atoms with Crippen LogP contribution < -0.4 is 5.73 Å². The van der Waals surface area contributed by atoms with Gasteiger partial charge in [-0.25, -0.2) is 4.68 Å². The number of nitrogens with two attached hydrogens (primary N) is 1. The summed E-state index contributed by atoms with van der Waals surface area (Å²) in [6.07, 6.45) is 3.44. The summed E-state index contributed by atoms with van der Waals surface area (Å²) < 4.78 is 1.59. The Bertz CT molecular complexity index is 435. The number of rotatable bonds is 2. The van der Waals surface area contributed by atoms with E-state index < -0.39 is 0 Å². The molecule has 0 atom stereocenters. The lowest BCUT2D eigenvalue weighted by atomic mass is 10.2. The normalized spacial score (nSPS) is 10.4. The molecule has 0 aliphatic carbocycles. The van der Waals surface area contributed by atoms with E-state index in [4.69, 9.17) is 5.73 Å². The van der Waals surface area contributed by atoms with E-state index in [1.165, 1.54) is 0 Å². The fraction of sp³-hybridized carbons (Fsp3) is 0.250. The summed E-state index contributed by atoms with van der Waals surface area (Å²) in [6.45, 7) is 0.464. The lowest BCUT2D eigenvalue weighted by Crippen LogP contribution is -1.99. The van der Waals surface area contributed by atoms with Gasteiger partial charge < -0.3 is 5.73 Å². The molecule has 2 aromatic heterocycles. The molecule has 6 heteroatoms. The van der Waals surface area contributed by atoms with E-state index in [1.54, 1.807) is 24.1 Å². The highest BCUT2D eigenvalue weighted by Gasteiger charge is 2.05. The van der Waals surface area contributed by atoms with Gasteiger partial charge in [0.2, 0.25) is 0 Å². The lowest BCUT2D eigenvalue weighted by molar-refractivity contribution is 0.714. The first-order chi connectivity index (χ1) is 6.81. The highest BCUT2D eigenvalue weighted by molar-refractivity contribution is 5.53. The van der Waals surface area contributed by atoms with Gasteiger partial charge in [-0.2, -0.15) is 0 Å². The third-order valence-electron chi connectivity index (χ3n) is 1.91. The van der Waals surface area contributed by atoms with Crippen molar-refractivity contribution >= 4 is 0 Å². The second kappa shape index (κ2) is 3.51. The second-order valence-corrected chi connectivity index (χ2v) is 2.91. The van der Waals surface area contributed by atoms with Crippen LogP contribution in [0.2, 0.25) is 0 Å². The Hall–Kier alpha value is -1.82. The minimum atomic E-state index is 0.464. The largest absolute Gasteiger partial charge is 0.326 e. The molecule has 2 aromatic rings. The number of hydrogen-bond donors (Lipinski definition) is 1. The molecule has 2 heterocycles. The molecule has 0 unspecified atom stereocenters. The van der Waals surface area contributed by atoms with Crippen molar-refractivity contribution in [3.63, 3.8) is 0 Å². The van der Waals surface area contributed by atoms with Crippen molar-refractivity contribution in [2.24, 2.45) is 12.8 Å². The molecular weight excluding hydrogens is 180 g/mol. The van der Waals surface area contributed by atoms with Crippen molar-refractivity contribution in [1.82, 2.24) is 25.2 Å². The zero-order valence-electron chi connectivity index (χ0n) is 7.75. The minimum Gasteiger partial charge on any atom is -0.326 e. The van der Waals surface area contributed by atoms with E-state index >= 15 is 0 Å². The van der Waals surface area contributed by atoms with Crippen LogP contribution in [0.1, 0.15) is 5.56 Å². The average molecular weight is 190 g/mol. The van der Waals surface area contributed by atoms with E-state index in [-0.39, 0.29) is 0 Å². The topological polar surface area (TPSA) is 82.5 Å². The van der Waals surface area contributed by atoms with Gasteiger partial charge in [0.05, 0.1) is 0 Å². The van der Waals surface area contributed by atoms with Gasteiger partial charge in [-0.1, -0.05) is 0 Å². The summed E-state index contributed by atoms with van der Waals surface area (Å²) in [5.41, 5.74) is 7.35. The SMILES string of the molecule is Cn1nnnc1-c1cncc(CN)c1. The van der Waals surface area contributed by atoms with Crippen LogP contribution in [0.25, 0.3) is 11.4 Å². The number of aryl methyl sites for hydroxylation is 1. The molecule has 2 rings (SSSR count). The quantitative estimate of drug-likeness (QED) is 0.704. The molecule has 0 aliphatic heterocycles. The maximum atomic E-state index is 5.51. The molecule has 0 saturated carbocycles. The summed E-state index contributed by atoms with van der Waals surface area (Å²) in [4.78, 5) is 4.06. The monoisotopic (exact) mass is 190 g/mol. The third kappa shape index (κ3) is 1.47. The van der Waals surface area contributed by atoms with Crippen molar-refractivity contribution in [1.29, 1.82) is 0 Å². The number of hydrogen-bond acceptors (Lipinski definition) is 5. The molecule has 0 fully saturated rings. The molecule has 0 saturated heterocycles. The van der Waals surface area contributed by atoms with Gasteiger partial charge in [0.25, 0.3) is 0 Å².